The molecule has 0 fully saturated rings. The van der Waals surface area contributed by atoms with Gasteiger partial charge in [-0.2, -0.15) is 0 Å². The highest BCUT2D eigenvalue weighted by Crippen LogP contribution is 2.41. The number of hydrogen-bond donors (Lipinski definition) is 2. The summed E-state index contributed by atoms with van der Waals surface area (Å²) in [7, 11) is 0. The van der Waals surface area contributed by atoms with Crippen molar-refractivity contribution in [3.05, 3.63) is 60.2 Å². The lowest BCUT2D eigenvalue weighted by molar-refractivity contribution is -0.127. The molecule has 0 aromatic heterocycles. The van der Waals surface area contributed by atoms with Crippen LogP contribution in [-0.2, 0) is 10.3 Å². The molecule has 2 heterocycles. The summed E-state index contributed by atoms with van der Waals surface area (Å²) in [6, 6.07) is 16.9. The lowest BCUT2D eigenvalue weighted by Gasteiger charge is -2.39. The van der Waals surface area contributed by atoms with Crippen LogP contribution in [-0.4, -0.2) is 24.9 Å². The quantitative estimate of drug-likeness (QED) is 0.500. The molecule has 2 aromatic rings. The number of amides is 1. The fraction of sp³-hybridized carbons (Fsp3) is 0.222. The highest BCUT2D eigenvalue weighted by atomic mass is 16.5. The molecule has 3 N–H and O–H groups in total. The number of rotatable bonds is 2. The number of hydrazine groups is 1. The molecule has 0 bridgehead atoms. The topological polar surface area (TPSA) is 80.0 Å². The minimum atomic E-state index is -0.667. The van der Waals surface area contributed by atoms with Crippen LogP contribution in [0.4, 0.5) is 5.69 Å². The maximum atomic E-state index is 12.9. The molecule has 4 rings (SSSR count). The van der Waals surface area contributed by atoms with E-state index in [0.29, 0.717) is 24.4 Å². The van der Waals surface area contributed by atoms with Crippen molar-refractivity contribution in [2.75, 3.05) is 11.6 Å². The van der Waals surface area contributed by atoms with Gasteiger partial charge in [-0.25, -0.2) is 10.9 Å². The van der Waals surface area contributed by atoms with Gasteiger partial charge in [-0.1, -0.05) is 36.4 Å². The van der Waals surface area contributed by atoms with Crippen LogP contribution in [0.2, 0.25) is 0 Å². The molecule has 24 heavy (non-hydrogen) atoms. The molecule has 2 unspecified atom stereocenters. The smallest absolute Gasteiger partial charge is 0.282 e. The van der Waals surface area contributed by atoms with Crippen LogP contribution in [0.3, 0.4) is 0 Å². The van der Waals surface area contributed by atoms with Crippen molar-refractivity contribution in [3.8, 4) is 5.75 Å². The molecule has 2 aliphatic rings. The lowest BCUT2D eigenvalue weighted by Crippen LogP contribution is -2.54. The Morgan fingerprint density at radius 3 is 2.71 bits per heavy atom. The van der Waals surface area contributed by atoms with E-state index >= 15 is 0 Å². The summed E-state index contributed by atoms with van der Waals surface area (Å²) in [5.41, 5.74) is 1.25. The second-order valence-corrected chi connectivity index (χ2v) is 6.05. The van der Waals surface area contributed by atoms with E-state index in [0.717, 1.165) is 10.6 Å². The van der Waals surface area contributed by atoms with Crippen molar-refractivity contribution < 1.29 is 9.53 Å². The summed E-state index contributed by atoms with van der Waals surface area (Å²) in [5, 5.41) is 4.46. The third kappa shape index (κ3) is 2.32. The summed E-state index contributed by atoms with van der Waals surface area (Å²) in [6.45, 7) is 0.576. The van der Waals surface area contributed by atoms with Crippen molar-refractivity contribution in [3.63, 3.8) is 0 Å². The predicted molar refractivity (Wildman–Crippen MR) is 91.8 cm³/mol. The van der Waals surface area contributed by atoms with E-state index in [2.05, 4.69) is 10.3 Å². The number of nitrogens with one attached hydrogen (secondary N) is 1. The summed E-state index contributed by atoms with van der Waals surface area (Å²) in [5.74, 6) is 6.45. The van der Waals surface area contributed by atoms with Crippen LogP contribution in [0, 0.1) is 0 Å². The zero-order valence-corrected chi connectivity index (χ0v) is 13.1. The number of para-hydroxylation sites is 2. The van der Waals surface area contributed by atoms with Gasteiger partial charge in [-0.15, -0.1) is 0 Å². The number of carbonyl (C=O) groups is 1. The fourth-order valence-corrected chi connectivity index (χ4v) is 3.30. The second kappa shape index (κ2) is 5.65. The van der Waals surface area contributed by atoms with E-state index < -0.39 is 11.6 Å². The molecule has 2 aromatic carbocycles. The van der Waals surface area contributed by atoms with Crippen molar-refractivity contribution in [2.45, 2.75) is 18.1 Å². The Hall–Kier alpha value is -2.86. The van der Waals surface area contributed by atoms with Crippen LogP contribution < -0.4 is 20.9 Å². The van der Waals surface area contributed by atoms with Gasteiger partial charge in [0.2, 0.25) is 0 Å². The van der Waals surface area contributed by atoms with Gasteiger partial charge in [-0.05, 0) is 18.2 Å². The minimum absolute atomic E-state index is 0.274. The van der Waals surface area contributed by atoms with Gasteiger partial charge < -0.3 is 10.1 Å². The number of aliphatic imine (C=N–C) groups is 1. The van der Waals surface area contributed by atoms with Gasteiger partial charge in [0.05, 0.1) is 24.1 Å². The SMILES string of the molecule is NN(C(=O)C1CC2(CN=CN2)c2ccccc2O1)c1ccccc1. The summed E-state index contributed by atoms with van der Waals surface area (Å²) < 4.78 is 5.96. The summed E-state index contributed by atoms with van der Waals surface area (Å²) >= 11 is 0. The Morgan fingerprint density at radius 2 is 1.96 bits per heavy atom. The van der Waals surface area contributed by atoms with Gasteiger partial charge in [0, 0.05) is 12.0 Å². The molecule has 1 spiro atoms. The zero-order chi connectivity index (χ0) is 16.6. The Bertz CT molecular complexity index is 783. The molecule has 2 aliphatic heterocycles. The molecule has 0 saturated carbocycles. The van der Waals surface area contributed by atoms with E-state index in [4.69, 9.17) is 10.6 Å². The first-order chi connectivity index (χ1) is 11.7. The van der Waals surface area contributed by atoms with Gasteiger partial charge >= 0.3 is 0 Å². The van der Waals surface area contributed by atoms with E-state index in [1.807, 2.05) is 42.5 Å². The van der Waals surface area contributed by atoms with Crippen LogP contribution in [0.25, 0.3) is 0 Å². The first-order valence-electron chi connectivity index (χ1n) is 7.85. The summed E-state index contributed by atoms with van der Waals surface area (Å²) in [4.78, 5) is 17.2. The molecule has 6 nitrogen and oxygen atoms in total. The normalized spacial score (nSPS) is 24.1. The Labute approximate surface area is 139 Å². The molecule has 6 heteroatoms. The van der Waals surface area contributed by atoms with Crippen molar-refractivity contribution >= 4 is 17.9 Å². The van der Waals surface area contributed by atoms with Gasteiger partial charge in [0.25, 0.3) is 5.91 Å². The Morgan fingerprint density at radius 1 is 1.21 bits per heavy atom. The van der Waals surface area contributed by atoms with Crippen molar-refractivity contribution in [1.82, 2.24) is 5.32 Å². The number of anilines is 1. The third-order valence-corrected chi connectivity index (χ3v) is 4.55. The molecular formula is C18H18N4O2. The minimum Gasteiger partial charge on any atom is -0.480 e. The Balaban J connectivity index is 1.65. The number of hydrogen-bond acceptors (Lipinski definition) is 5. The number of nitrogens with zero attached hydrogens (tertiary/aromatic N) is 2. The summed E-state index contributed by atoms with van der Waals surface area (Å²) in [6.07, 6.45) is 1.50. The number of ether oxygens (including phenoxy) is 1. The monoisotopic (exact) mass is 322 g/mol. The second-order valence-electron chi connectivity index (χ2n) is 6.05. The van der Waals surface area contributed by atoms with Crippen LogP contribution in [0.1, 0.15) is 12.0 Å². The molecule has 0 aliphatic carbocycles. The molecule has 2 atom stereocenters. The highest BCUT2D eigenvalue weighted by molar-refractivity contribution is 5.96. The lowest BCUT2D eigenvalue weighted by atomic mass is 9.82. The molecule has 1 amide bonds. The van der Waals surface area contributed by atoms with Crippen molar-refractivity contribution in [1.29, 1.82) is 0 Å². The fourth-order valence-electron chi connectivity index (χ4n) is 3.30. The number of nitrogens with two attached hydrogens (primary N) is 1. The highest BCUT2D eigenvalue weighted by Gasteiger charge is 2.46. The third-order valence-electron chi connectivity index (χ3n) is 4.55. The average Bonchev–Trinajstić information content (AvgIpc) is 3.10. The largest absolute Gasteiger partial charge is 0.480 e. The van der Waals surface area contributed by atoms with E-state index in [-0.39, 0.29) is 5.91 Å². The molecule has 122 valence electrons. The van der Waals surface area contributed by atoms with E-state index in [1.54, 1.807) is 18.5 Å². The van der Waals surface area contributed by atoms with Crippen LogP contribution >= 0.6 is 0 Å². The number of carbonyl (C=O) groups excluding carboxylic acids is 1. The van der Waals surface area contributed by atoms with E-state index in [9.17, 15) is 4.79 Å². The number of fused-ring (bicyclic) bond motifs is 2. The zero-order valence-electron chi connectivity index (χ0n) is 13.1. The average molecular weight is 322 g/mol. The number of benzene rings is 2. The van der Waals surface area contributed by atoms with Gasteiger partial charge in [-0.3, -0.25) is 9.79 Å². The standard InChI is InChI=1S/C18H18N4O2/c19-22(13-6-2-1-3-7-13)17(23)16-10-18(11-20-12-21-18)14-8-4-5-9-15(14)24-16/h1-9,12,16H,10-11,19H2,(H,20,21). The van der Waals surface area contributed by atoms with Gasteiger partial charge in [0.1, 0.15) is 5.75 Å². The maximum absolute atomic E-state index is 12.9. The first-order valence-corrected chi connectivity index (χ1v) is 7.85. The maximum Gasteiger partial charge on any atom is 0.282 e. The van der Waals surface area contributed by atoms with Gasteiger partial charge in [0.15, 0.2) is 6.10 Å². The first kappa shape index (κ1) is 14.7. The van der Waals surface area contributed by atoms with Crippen molar-refractivity contribution in [2.24, 2.45) is 10.8 Å². The van der Waals surface area contributed by atoms with Crippen LogP contribution in [0.5, 0.6) is 5.75 Å². The predicted octanol–water partition coefficient (Wildman–Crippen LogP) is 1.57. The molecule has 0 saturated heterocycles. The van der Waals surface area contributed by atoms with E-state index in [1.165, 1.54) is 0 Å². The Kier molecular flexibility index (Phi) is 3.46. The molecular weight excluding hydrogens is 304 g/mol. The van der Waals surface area contributed by atoms with Crippen LogP contribution in [0.15, 0.2) is 59.6 Å². The molecule has 0 radical (unpaired) electrons.